The van der Waals surface area contributed by atoms with Crippen LogP contribution in [0.3, 0.4) is 0 Å². The second kappa shape index (κ2) is 6.94. The fourth-order valence-electron chi connectivity index (χ4n) is 7.14. The van der Waals surface area contributed by atoms with Crippen molar-refractivity contribution in [2.75, 3.05) is 13.2 Å². The topological polar surface area (TPSA) is 109 Å². The Labute approximate surface area is 182 Å². The summed E-state index contributed by atoms with van der Waals surface area (Å²) >= 11 is 0. The summed E-state index contributed by atoms with van der Waals surface area (Å²) in [6.07, 6.45) is 6.32. The van der Waals surface area contributed by atoms with Crippen molar-refractivity contribution >= 4 is 11.8 Å². The van der Waals surface area contributed by atoms with Gasteiger partial charge in [-0.2, -0.15) is 5.26 Å². The predicted molar refractivity (Wildman–Crippen MR) is 112 cm³/mol. The Morgan fingerprint density at radius 3 is 2.58 bits per heavy atom. The van der Waals surface area contributed by atoms with E-state index in [4.69, 9.17) is 15.7 Å². The van der Waals surface area contributed by atoms with E-state index in [-0.39, 0.29) is 29.2 Å². The largest absolute Gasteiger partial charge is 0.477 e. The maximum Gasteiger partial charge on any atom is 0.228 e. The molecular weight excluding hydrogens is 392 g/mol. The molecule has 7 heteroatoms. The van der Waals surface area contributed by atoms with E-state index in [1.807, 2.05) is 19.9 Å². The van der Waals surface area contributed by atoms with E-state index in [0.29, 0.717) is 42.3 Å². The lowest BCUT2D eigenvalue weighted by atomic mass is 9.47. The summed E-state index contributed by atoms with van der Waals surface area (Å²) in [6, 6.07) is 5.64. The van der Waals surface area contributed by atoms with Gasteiger partial charge in [-0.3, -0.25) is 9.59 Å². The standard InChI is InChI=1S/C24H30N4O3/c1-23(2)18(13-31-19-4-3-14(10-25)11-27-19)12-28(22(23)30)20-16-5-15-6-17(20)9-24(7-15,8-16)21(26)29/h3-4,11,15-18,20H,5-9,12-13H2,1-2H3,(H2,26,29)/t15?,16-,17-,18-,20?,24?/m1/s1. The van der Waals surface area contributed by atoms with Crippen LogP contribution in [0.5, 0.6) is 5.88 Å². The van der Waals surface area contributed by atoms with E-state index in [1.165, 1.54) is 6.20 Å². The molecular formula is C24H30N4O3. The zero-order valence-electron chi connectivity index (χ0n) is 18.2. The van der Waals surface area contributed by atoms with Crippen molar-refractivity contribution in [3.63, 3.8) is 0 Å². The van der Waals surface area contributed by atoms with Gasteiger partial charge in [0.25, 0.3) is 0 Å². The molecule has 4 bridgehead atoms. The first kappa shape index (κ1) is 20.3. The first-order chi connectivity index (χ1) is 14.7. The Balaban J connectivity index is 1.31. The van der Waals surface area contributed by atoms with Crippen LogP contribution >= 0.6 is 0 Å². The molecule has 0 spiro atoms. The zero-order chi connectivity index (χ0) is 22.0. The Morgan fingerprint density at radius 1 is 1.29 bits per heavy atom. The highest BCUT2D eigenvalue weighted by atomic mass is 16.5. The molecule has 0 unspecified atom stereocenters. The number of rotatable bonds is 5. The Kier molecular flexibility index (Phi) is 4.55. The second-order valence-corrected chi connectivity index (χ2v) is 10.8. The van der Waals surface area contributed by atoms with Crippen LogP contribution in [-0.4, -0.2) is 40.9 Å². The maximum atomic E-state index is 13.5. The van der Waals surface area contributed by atoms with E-state index in [0.717, 1.165) is 32.1 Å². The molecule has 2 heterocycles. The van der Waals surface area contributed by atoms with Crippen LogP contribution in [0.1, 0.15) is 51.5 Å². The molecule has 31 heavy (non-hydrogen) atoms. The highest BCUT2D eigenvalue weighted by molar-refractivity contribution is 5.85. The summed E-state index contributed by atoms with van der Waals surface area (Å²) in [5.74, 6) is 1.91. The molecule has 3 atom stereocenters. The average molecular weight is 423 g/mol. The highest BCUT2D eigenvalue weighted by Gasteiger charge is 2.61. The Morgan fingerprint density at radius 2 is 2.00 bits per heavy atom. The van der Waals surface area contributed by atoms with Gasteiger partial charge in [-0.15, -0.1) is 0 Å². The molecule has 7 nitrogen and oxygen atoms in total. The predicted octanol–water partition coefficient (Wildman–Crippen LogP) is 2.50. The van der Waals surface area contributed by atoms with E-state index >= 15 is 0 Å². The number of primary amides is 1. The van der Waals surface area contributed by atoms with Crippen LogP contribution in [0.15, 0.2) is 18.3 Å². The Hall–Kier alpha value is -2.62. The van der Waals surface area contributed by atoms with Crippen LogP contribution in [-0.2, 0) is 9.59 Å². The first-order valence-electron chi connectivity index (χ1n) is 11.3. The molecule has 1 aliphatic heterocycles. The van der Waals surface area contributed by atoms with Gasteiger partial charge in [0.05, 0.1) is 17.6 Å². The van der Waals surface area contributed by atoms with Gasteiger partial charge in [-0.25, -0.2) is 4.98 Å². The quantitative estimate of drug-likeness (QED) is 0.784. The minimum absolute atomic E-state index is 0.0553. The first-order valence-corrected chi connectivity index (χ1v) is 11.3. The van der Waals surface area contributed by atoms with E-state index in [2.05, 4.69) is 9.88 Å². The van der Waals surface area contributed by atoms with Gasteiger partial charge < -0.3 is 15.4 Å². The van der Waals surface area contributed by atoms with Crippen LogP contribution in [0.25, 0.3) is 0 Å². The molecule has 4 aliphatic carbocycles. The summed E-state index contributed by atoms with van der Waals surface area (Å²) in [5, 5.41) is 8.92. The lowest BCUT2D eigenvalue weighted by Crippen LogP contribution is -2.62. The zero-order valence-corrected chi connectivity index (χ0v) is 18.2. The minimum atomic E-state index is -0.511. The molecule has 2 amide bonds. The molecule has 2 N–H and O–H groups in total. The average Bonchev–Trinajstić information content (AvgIpc) is 2.95. The molecule has 1 aromatic heterocycles. The number of carbonyl (C=O) groups excluding carboxylic acids is 2. The lowest BCUT2D eigenvalue weighted by Gasteiger charge is -2.60. The SMILES string of the molecule is CC1(C)C(=O)N(C2[C@@H]3CC4C[C@@H]2CC(C(N)=O)(C4)C3)C[C@@H]1COc1ccc(C#N)cn1. The van der Waals surface area contributed by atoms with Crippen molar-refractivity contribution in [1.82, 2.24) is 9.88 Å². The molecule has 4 saturated carbocycles. The number of hydrogen-bond donors (Lipinski definition) is 1. The number of amides is 2. The summed E-state index contributed by atoms with van der Waals surface area (Å²) in [4.78, 5) is 32.1. The van der Waals surface area contributed by atoms with Crippen molar-refractivity contribution < 1.29 is 14.3 Å². The number of aromatic nitrogens is 1. The number of nitrogens with zero attached hydrogens (tertiary/aromatic N) is 3. The number of likely N-dealkylation sites (tertiary alicyclic amines) is 1. The van der Waals surface area contributed by atoms with E-state index < -0.39 is 5.41 Å². The smallest absolute Gasteiger partial charge is 0.228 e. The Bertz CT molecular complexity index is 935. The van der Waals surface area contributed by atoms with Crippen LogP contribution < -0.4 is 10.5 Å². The number of nitriles is 1. The number of pyridine rings is 1. The van der Waals surface area contributed by atoms with Crippen molar-refractivity contribution in [3.8, 4) is 11.9 Å². The van der Waals surface area contributed by atoms with Crippen LogP contribution in [0.2, 0.25) is 0 Å². The minimum Gasteiger partial charge on any atom is -0.477 e. The second-order valence-electron chi connectivity index (χ2n) is 10.8. The molecule has 0 aromatic carbocycles. The van der Waals surface area contributed by atoms with Gasteiger partial charge in [0, 0.05) is 36.2 Å². The van der Waals surface area contributed by atoms with E-state index in [1.54, 1.807) is 12.1 Å². The summed E-state index contributed by atoms with van der Waals surface area (Å²) in [6.45, 7) is 5.10. The monoisotopic (exact) mass is 422 g/mol. The van der Waals surface area contributed by atoms with E-state index in [9.17, 15) is 9.59 Å². The molecule has 1 aromatic rings. The van der Waals surface area contributed by atoms with Gasteiger partial charge in [0.1, 0.15) is 6.07 Å². The summed E-state index contributed by atoms with van der Waals surface area (Å²) in [7, 11) is 0. The van der Waals surface area contributed by atoms with Crippen molar-refractivity contribution in [2.24, 2.45) is 40.2 Å². The number of nitrogens with two attached hydrogens (primary N) is 1. The molecule has 5 aliphatic rings. The molecule has 5 fully saturated rings. The lowest BCUT2D eigenvalue weighted by molar-refractivity contribution is -0.159. The highest BCUT2D eigenvalue weighted by Crippen LogP contribution is 2.61. The fourth-order valence-corrected chi connectivity index (χ4v) is 7.14. The number of hydrogen-bond acceptors (Lipinski definition) is 5. The molecule has 0 radical (unpaired) electrons. The molecule has 164 valence electrons. The number of ether oxygens (including phenoxy) is 1. The van der Waals surface area contributed by atoms with Gasteiger partial charge in [0.2, 0.25) is 17.7 Å². The maximum absolute atomic E-state index is 13.5. The van der Waals surface area contributed by atoms with Crippen molar-refractivity contribution in [2.45, 2.75) is 52.0 Å². The molecule has 1 saturated heterocycles. The van der Waals surface area contributed by atoms with Gasteiger partial charge in [0.15, 0.2) is 0 Å². The van der Waals surface area contributed by atoms with Gasteiger partial charge in [-0.1, -0.05) is 13.8 Å². The number of carbonyl (C=O) groups is 2. The van der Waals surface area contributed by atoms with Crippen LogP contribution in [0, 0.1) is 45.8 Å². The molecule has 6 rings (SSSR count). The normalized spacial score (nSPS) is 37.6. The van der Waals surface area contributed by atoms with Gasteiger partial charge >= 0.3 is 0 Å². The van der Waals surface area contributed by atoms with Crippen molar-refractivity contribution in [3.05, 3.63) is 23.9 Å². The summed E-state index contributed by atoms with van der Waals surface area (Å²) in [5.41, 5.74) is 5.48. The van der Waals surface area contributed by atoms with Gasteiger partial charge in [-0.05, 0) is 55.9 Å². The third-order valence-electron chi connectivity index (χ3n) is 8.65. The van der Waals surface area contributed by atoms with Crippen molar-refractivity contribution in [1.29, 1.82) is 5.26 Å². The summed E-state index contributed by atoms with van der Waals surface area (Å²) < 4.78 is 5.91. The fraction of sp³-hybridized carbons (Fsp3) is 0.667. The van der Waals surface area contributed by atoms with Crippen LogP contribution in [0.4, 0.5) is 0 Å². The third kappa shape index (κ3) is 3.10. The third-order valence-corrected chi connectivity index (χ3v) is 8.65.